The third-order valence-corrected chi connectivity index (χ3v) is 6.00. The zero-order chi connectivity index (χ0) is 19.9. The summed E-state index contributed by atoms with van der Waals surface area (Å²) < 4.78 is 7.49. The molecule has 0 N–H and O–H groups in total. The molecule has 1 saturated heterocycles. The first-order chi connectivity index (χ1) is 14.3. The van der Waals surface area contributed by atoms with Gasteiger partial charge in [0, 0.05) is 23.1 Å². The first-order valence-corrected chi connectivity index (χ1v) is 11.0. The summed E-state index contributed by atoms with van der Waals surface area (Å²) in [5.41, 5.74) is 8.05. The lowest BCUT2D eigenvalue weighted by molar-refractivity contribution is -0.0818. The molecule has 0 amide bonds. The van der Waals surface area contributed by atoms with Gasteiger partial charge in [-0.2, -0.15) is 0 Å². The van der Waals surface area contributed by atoms with Gasteiger partial charge in [-0.1, -0.05) is 88.7 Å². The maximum absolute atomic E-state index is 6.40. The lowest BCUT2D eigenvalue weighted by Gasteiger charge is -2.37. The molecule has 29 heavy (non-hydrogen) atoms. The minimum absolute atomic E-state index is 0.270. The Morgan fingerprint density at radius 1 is 0.897 bits per heavy atom. The monoisotopic (exact) mass is 444 g/mol. The van der Waals surface area contributed by atoms with Crippen molar-refractivity contribution in [3.8, 4) is 0 Å². The van der Waals surface area contributed by atoms with Gasteiger partial charge in [0.1, 0.15) is 0 Å². The molecule has 1 aliphatic rings. The van der Waals surface area contributed by atoms with Gasteiger partial charge in [-0.05, 0) is 54.2 Å². The van der Waals surface area contributed by atoms with Crippen molar-refractivity contribution in [3.63, 3.8) is 0 Å². The Balaban J connectivity index is 1.72. The Kier molecular flexibility index (Phi) is 6.46. The van der Waals surface area contributed by atoms with Crippen LogP contribution in [0.1, 0.15) is 42.4 Å². The van der Waals surface area contributed by atoms with Crippen molar-refractivity contribution in [2.45, 2.75) is 31.3 Å². The lowest BCUT2D eigenvalue weighted by atomic mass is 9.83. The van der Waals surface area contributed by atoms with Gasteiger partial charge in [0.15, 0.2) is 0 Å². The fourth-order valence-electron chi connectivity index (χ4n) is 3.99. The topological polar surface area (TPSA) is 9.23 Å². The van der Waals surface area contributed by atoms with Gasteiger partial charge in [0.05, 0.1) is 5.60 Å². The van der Waals surface area contributed by atoms with Gasteiger partial charge in [-0.15, -0.1) is 5.73 Å². The predicted molar refractivity (Wildman–Crippen MR) is 124 cm³/mol. The molecule has 1 fully saturated rings. The molecule has 0 bridgehead atoms. The van der Waals surface area contributed by atoms with Crippen molar-refractivity contribution in [3.05, 3.63) is 118 Å². The molecule has 1 heterocycles. The van der Waals surface area contributed by atoms with E-state index in [2.05, 4.69) is 101 Å². The second-order valence-corrected chi connectivity index (χ2v) is 8.39. The van der Waals surface area contributed by atoms with Crippen molar-refractivity contribution in [1.82, 2.24) is 0 Å². The number of hydrogen-bond donors (Lipinski definition) is 0. The van der Waals surface area contributed by atoms with Gasteiger partial charge in [0.25, 0.3) is 0 Å². The first-order valence-electron chi connectivity index (χ1n) is 10.2. The summed E-state index contributed by atoms with van der Waals surface area (Å²) >= 11 is 3.62. The van der Waals surface area contributed by atoms with Gasteiger partial charge in [-0.3, -0.25) is 0 Å². The summed E-state index contributed by atoms with van der Waals surface area (Å²) in [4.78, 5) is 0. The highest BCUT2D eigenvalue weighted by Gasteiger charge is 2.34. The van der Waals surface area contributed by atoms with Gasteiger partial charge < -0.3 is 4.74 Å². The molecule has 0 saturated carbocycles. The largest absolute Gasteiger partial charge is 0.370 e. The highest BCUT2D eigenvalue weighted by Crippen LogP contribution is 2.39. The van der Waals surface area contributed by atoms with Crippen molar-refractivity contribution in [1.29, 1.82) is 0 Å². The Hall–Kier alpha value is -2.38. The van der Waals surface area contributed by atoms with Crippen molar-refractivity contribution >= 4 is 21.5 Å². The molecule has 1 atom stereocenters. The first kappa shape index (κ1) is 19.9. The minimum Gasteiger partial charge on any atom is -0.370 e. The van der Waals surface area contributed by atoms with Crippen LogP contribution in [0.4, 0.5) is 0 Å². The molecule has 146 valence electrons. The number of benzene rings is 3. The summed E-state index contributed by atoms with van der Waals surface area (Å²) in [5.74, 6) is 0. The van der Waals surface area contributed by atoms with Gasteiger partial charge in [0.2, 0.25) is 0 Å². The molecule has 0 radical (unpaired) electrons. The quantitative estimate of drug-likeness (QED) is 0.369. The zero-order valence-electron chi connectivity index (χ0n) is 16.5. The van der Waals surface area contributed by atoms with Gasteiger partial charge in [-0.25, -0.2) is 0 Å². The Labute approximate surface area is 181 Å². The van der Waals surface area contributed by atoms with Crippen LogP contribution in [0.3, 0.4) is 0 Å². The van der Waals surface area contributed by atoms with E-state index in [4.69, 9.17) is 4.74 Å². The van der Waals surface area contributed by atoms with Crippen LogP contribution in [-0.2, 0) is 10.3 Å². The molecule has 3 aromatic carbocycles. The standard InChI is InChI=1S/C27H25BrO/c28-25-16-9-15-24(21-25)27(18-7-8-20-29-27)19-10-17-26(22-11-3-1-4-12-22)23-13-5-2-6-14-23/h1-6,9-16,21H,7-8,18-20H2. The van der Waals surface area contributed by atoms with Crippen LogP contribution in [0.25, 0.3) is 5.57 Å². The van der Waals surface area contributed by atoms with E-state index in [0.29, 0.717) is 0 Å². The third-order valence-electron chi connectivity index (χ3n) is 5.51. The van der Waals surface area contributed by atoms with Crippen molar-refractivity contribution in [2.75, 3.05) is 6.61 Å². The molecule has 0 spiro atoms. The Bertz CT molecular complexity index is 953. The van der Waals surface area contributed by atoms with Crippen LogP contribution >= 0.6 is 15.9 Å². The zero-order valence-corrected chi connectivity index (χ0v) is 18.1. The molecular weight excluding hydrogens is 420 g/mol. The minimum atomic E-state index is -0.270. The number of ether oxygens (including phenoxy) is 1. The van der Waals surface area contributed by atoms with E-state index in [1.54, 1.807) is 0 Å². The maximum Gasteiger partial charge on any atom is 0.0972 e. The summed E-state index contributed by atoms with van der Waals surface area (Å²) in [7, 11) is 0. The number of hydrogen-bond acceptors (Lipinski definition) is 1. The maximum atomic E-state index is 6.40. The fourth-order valence-corrected chi connectivity index (χ4v) is 4.39. The predicted octanol–water partition coefficient (Wildman–Crippen LogP) is 7.52. The Morgan fingerprint density at radius 2 is 1.59 bits per heavy atom. The van der Waals surface area contributed by atoms with E-state index in [-0.39, 0.29) is 5.60 Å². The molecule has 3 aromatic rings. The molecule has 4 rings (SSSR count). The molecular formula is C27H25BrO. The SMILES string of the molecule is Brc1cccc(C2(CC=C=C(c3ccccc3)c3ccccc3)CCCCO2)c1. The van der Waals surface area contributed by atoms with Crippen LogP contribution in [-0.4, -0.2) is 6.61 Å². The Morgan fingerprint density at radius 3 is 2.17 bits per heavy atom. The van der Waals surface area contributed by atoms with Crippen LogP contribution in [0, 0.1) is 0 Å². The number of halogens is 1. The molecule has 1 nitrogen and oxygen atoms in total. The molecule has 1 aliphatic heterocycles. The summed E-state index contributed by atoms with van der Waals surface area (Å²) in [6.07, 6.45) is 6.34. The van der Waals surface area contributed by atoms with E-state index >= 15 is 0 Å². The van der Waals surface area contributed by atoms with Crippen LogP contribution in [0.15, 0.2) is 101 Å². The van der Waals surface area contributed by atoms with Crippen molar-refractivity contribution < 1.29 is 4.74 Å². The summed E-state index contributed by atoms with van der Waals surface area (Å²) in [5, 5.41) is 0. The fraction of sp³-hybridized carbons (Fsp3) is 0.222. The average Bonchev–Trinajstić information content (AvgIpc) is 2.79. The normalized spacial score (nSPS) is 18.7. The van der Waals surface area contributed by atoms with E-state index < -0.39 is 0 Å². The second kappa shape index (κ2) is 9.41. The van der Waals surface area contributed by atoms with Crippen LogP contribution in [0.5, 0.6) is 0 Å². The molecule has 1 unspecified atom stereocenters. The van der Waals surface area contributed by atoms with E-state index in [1.807, 2.05) is 12.1 Å². The highest BCUT2D eigenvalue weighted by atomic mass is 79.9. The lowest BCUT2D eigenvalue weighted by Crippen LogP contribution is -2.33. The average molecular weight is 445 g/mol. The summed E-state index contributed by atoms with van der Waals surface area (Å²) in [6, 6.07) is 29.5. The molecule has 0 aliphatic carbocycles. The number of rotatable bonds is 5. The highest BCUT2D eigenvalue weighted by molar-refractivity contribution is 9.10. The second-order valence-electron chi connectivity index (χ2n) is 7.47. The van der Waals surface area contributed by atoms with Crippen molar-refractivity contribution in [2.24, 2.45) is 0 Å². The summed E-state index contributed by atoms with van der Waals surface area (Å²) in [6.45, 7) is 0.814. The van der Waals surface area contributed by atoms with Crippen LogP contribution < -0.4 is 0 Å². The molecule has 2 heteroatoms. The third kappa shape index (κ3) is 4.79. The van der Waals surface area contributed by atoms with E-state index in [0.717, 1.165) is 35.9 Å². The van der Waals surface area contributed by atoms with E-state index in [1.165, 1.54) is 23.1 Å². The van der Waals surface area contributed by atoms with Gasteiger partial charge >= 0.3 is 0 Å². The smallest absolute Gasteiger partial charge is 0.0972 e. The molecule has 0 aromatic heterocycles. The van der Waals surface area contributed by atoms with E-state index in [9.17, 15) is 0 Å². The van der Waals surface area contributed by atoms with Crippen LogP contribution in [0.2, 0.25) is 0 Å².